The van der Waals surface area contributed by atoms with Gasteiger partial charge in [0.15, 0.2) is 0 Å². The van der Waals surface area contributed by atoms with Crippen LogP contribution in [0.25, 0.3) is 0 Å². The minimum atomic E-state index is 0.513. The largest absolute Gasteiger partial charge is 0.361 e. The van der Waals surface area contributed by atoms with Gasteiger partial charge in [0.2, 0.25) is 0 Å². The summed E-state index contributed by atoms with van der Waals surface area (Å²) < 4.78 is 5.15. The number of rotatable bonds is 4. The molecule has 1 N–H and O–H groups in total. The molecular weight excluding hydrogens is 200 g/mol. The van der Waals surface area contributed by atoms with E-state index in [9.17, 15) is 0 Å². The van der Waals surface area contributed by atoms with Crippen molar-refractivity contribution in [3.8, 4) is 0 Å². The molecule has 0 radical (unpaired) electrons. The molecule has 16 heavy (non-hydrogen) atoms. The van der Waals surface area contributed by atoms with Crippen molar-refractivity contribution in [1.82, 2.24) is 10.5 Å². The Morgan fingerprint density at radius 2 is 2.00 bits per heavy atom. The van der Waals surface area contributed by atoms with E-state index < -0.39 is 0 Å². The monoisotopic (exact) mass is 222 g/mol. The SMILES string of the molecule is Cc1noc(C)c1CNCC1(C)CCCC1. The lowest BCUT2D eigenvalue weighted by molar-refractivity contribution is 0.314. The molecular formula is C13H22N2O. The first-order chi connectivity index (χ1) is 7.61. The van der Waals surface area contributed by atoms with Crippen molar-refractivity contribution in [3.63, 3.8) is 0 Å². The van der Waals surface area contributed by atoms with Gasteiger partial charge < -0.3 is 9.84 Å². The van der Waals surface area contributed by atoms with Crippen LogP contribution in [0.2, 0.25) is 0 Å². The molecule has 1 aromatic heterocycles. The maximum atomic E-state index is 5.15. The molecule has 0 unspecified atom stereocenters. The normalized spacial score (nSPS) is 19.2. The summed E-state index contributed by atoms with van der Waals surface area (Å²) in [6.45, 7) is 8.37. The van der Waals surface area contributed by atoms with Gasteiger partial charge in [0.25, 0.3) is 0 Å². The fourth-order valence-corrected chi connectivity index (χ4v) is 2.65. The Balaban J connectivity index is 1.84. The Hall–Kier alpha value is -0.830. The second-order valence-electron chi connectivity index (χ2n) is 5.42. The topological polar surface area (TPSA) is 38.1 Å². The summed E-state index contributed by atoms with van der Waals surface area (Å²) in [6.07, 6.45) is 5.51. The smallest absolute Gasteiger partial charge is 0.138 e. The molecule has 1 aliphatic carbocycles. The van der Waals surface area contributed by atoms with Gasteiger partial charge in [0.1, 0.15) is 5.76 Å². The van der Waals surface area contributed by atoms with Gasteiger partial charge in [-0.05, 0) is 32.1 Å². The van der Waals surface area contributed by atoms with Crippen molar-refractivity contribution in [2.75, 3.05) is 6.54 Å². The van der Waals surface area contributed by atoms with E-state index in [1.807, 2.05) is 13.8 Å². The van der Waals surface area contributed by atoms with Gasteiger partial charge in [-0.25, -0.2) is 0 Å². The molecule has 1 heterocycles. The van der Waals surface area contributed by atoms with E-state index in [0.29, 0.717) is 5.41 Å². The molecule has 0 amide bonds. The Morgan fingerprint density at radius 1 is 1.31 bits per heavy atom. The third-order valence-electron chi connectivity index (χ3n) is 3.85. The van der Waals surface area contributed by atoms with Crippen LogP contribution in [-0.4, -0.2) is 11.7 Å². The van der Waals surface area contributed by atoms with Crippen molar-refractivity contribution >= 4 is 0 Å². The molecule has 0 atom stereocenters. The van der Waals surface area contributed by atoms with Crippen molar-refractivity contribution < 1.29 is 4.52 Å². The summed E-state index contributed by atoms with van der Waals surface area (Å²) in [4.78, 5) is 0. The zero-order valence-corrected chi connectivity index (χ0v) is 10.6. The van der Waals surface area contributed by atoms with Crippen LogP contribution in [0.5, 0.6) is 0 Å². The molecule has 0 bridgehead atoms. The first kappa shape index (κ1) is 11.6. The van der Waals surface area contributed by atoms with Gasteiger partial charge >= 0.3 is 0 Å². The summed E-state index contributed by atoms with van der Waals surface area (Å²) in [7, 11) is 0. The molecule has 3 heteroatoms. The Morgan fingerprint density at radius 3 is 2.56 bits per heavy atom. The zero-order valence-electron chi connectivity index (χ0n) is 10.6. The van der Waals surface area contributed by atoms with Crippen LogP contribution in [0.4, 0.5) is 0 Å². The number of hydrogen-bond acceptors (Lipinski definition) is 3. The van der Waals surface area contributed by atoms with Crippen LogP contribution in [0.15, 0.2) is 4.52 Å². The van der Waals surface area contributed by atoms with Crippen molar-refractivity contribution in [3.05, 3.63) is 17.0 Å². The number of aryl methyl sites for hydroxylation is 2. The number of aromatic nitrogens is 1. The van der Waals surface area contributed by atoms with Gasteiger partial charge in [0.05, 0.1) is 5.69 Å². The predicted molar refractivity (Wildman–Crippen MR) is 64.3 cm³/mol. The fourth-order valence-electron chi connectivity index (χ4n) is 2.65. The average molecular weight is 222 g/mol. The highest BCUT2D eigenvalue weighted by Crippen LogP contribution is 2.36. The minimum Gasteiger partial charge on any atom is -0.361 e. The minimum absolute atomic E-state index is 0.513. The van der Waals surface area contributed by atoms with Crippen molar-refractivity contribution in [2.24, 2.45) is 5.41 Å². The van der Waals surface area contributed by atoms with E-state index >= 15 is 0 Å². The summed E-state index contributed by atoms with van der Waals surface area (Å²) in [6, 6.07) is 0. The maximum absolute atomic E-state index is 5.15. The molecule has 0 aromatic carbocycles. The summed E-state index contributed by atoms with van der Waals surface area (Å²) in [5, 5.41) is 7.52. The average Bonchev–Trinajstić information content (AvgIpc) is 2.79. The second kappa shape index (κ2) is 4.58. The van der Waals surface area contributed by atoms with Crippen LogP contribution >= 0.6 is 0 Å². The van der Waals surface area contributed by atoms with Crippen LogP contribution in [0.1, 0.15) is 49.6 Å². The van der Waals surface area contributed by atoms with E-state index in [2.05, 4.69) is 17.4 Å². The number of hydrogen-bond donors (Lipinski definition) is 1. The fraction of sp³-hybridized carbons (Fsp3) is 0.769. The highest BCUT2D eigenvalue weighted by molar-refractivity contribution is 5.20. The predicted octanol–water partition coefficient (Wildman–Crippen LogP) is 2.96. The standard InChI is InChI=1S/C13H22N2O/c1-10-12(11(2)16-15-10)8-14-9-13(3)6-4-5-7-13/h14H,4-9H2,1-3H3. The van der Waals surface area contributed by atoms with E-state index in [0.717, 1.165) is 24.5 Å². The highest BCUT2D eigenvalue weighted by atomic mass is 16.5. The Kier molecular flexibility index (Phi) is 3.33. The maximum Gasteiger partial charge on any atom is 0.138 e. The molecule has 3 nitrogen and oxygen atoms in total. The van der Waals surface area contributed by atoms with Crippen LogP contribution in [-0.2, 0) is 6.54 Å². The number of nitrogens with zero attached hydrogens (tertiary/aromatic N) is 1. The molecule has 1 aromatic rings. The zero-order chi connectivity index (χ0) is 11.6. The van der Waals surface area contributed by atoms with Crippen LogP contribution in [0, 0.1) is 19.3 Å². The van der Waals surface area contributed by atoms with Gasteiger partial charge in [-0.3, -0.25) is 0 Å². The first-order valence-electron chi connectivity index (χ1n) is 6.23. The van der Waals surface area contributed by atoms with Crippen molar-refractivity contribution in [2.45, 2.75) is 53.0 Å². The van der Waals surface area contributed by atoms with Crippen LogP contribution < -0.4 is 5.32 Å². The quantitative estimate of drug-likeness (QED) is 0.851. The lowest BCUT2D eigenvalue weighted by Crippen LogP contribution is -2.29. The summed E-state index contributed by atoms with van der Waals surface area (Å²) >= 11 is 0. The van der Waals surface area contributed by atoms with Gasteiger partial charge in [-0.15, -0.1) is 0 Å². The molecule has 0 aliphatic heterocycles. The third-order valence-corrected chi connectivity index (χ3v) is 3.85. The van der Waals surface area contributed by atoms with Gasteiger partial charge in [-0.1, -0.05) is 24.9 Å². The van der Waals surface area contributed by atoms with E-state index in [4.69, 9.17) is 4.52 Å². The Labute approximate surface area is 97.6 Å². The first-order valence-corrected chi connectivity index (χ1v) is 6.23. The van der Waals surface area contributed by atoms with Gasteiger partial charge in [-0.2, -0.15) is 0 Å². The molecule has 1 fully saturated rings. The summed E-state index contributed by atoms with van der Waals surface area (Å²) in [5.41, 5.74) is 2.75. The molecule has 0 saturated heterocycles. The summed E-state index contributed by atoms with van der Waals surface area (Å²) in [5.74, 6) is 0.946. The lowest BCUT2D eigenvalue weighted by Gasteiger charge is -2.23. The third kappa shape index (κ3) is 2.46. The van der Waals surface area contributed by atoms with E-state index in [1.54, 1.807) is 0 Å². The molecule has 0 spiro atoms. The lowest BCUT2D eigenvalue weighted by atomic mass is 9.89. The number of nitrogens with one attached hydrogen (secondary N) is 1. The highest BCUT2D eigenvalue weighted by Gasteiger charge is 2.28. The second-order valence-corrected chi connectivity index (χ2v) is 5.42. The van der Waals surface area contributed by atoms with Crippen molar-refractivity contribution in [1.29, 1.82) is 0 Å². The van der Waals surface area contributed by atoms with Crippen LogP contribution in [0.3, 0.4) is 0 Å². The van der Waals surface area contributed by atoms with E-state index in [1.165, 1.54) is 31.2 Å². The molecule has 1 saturated carbocycles. The Bertz CT molecular complexity index is 331. The molecule has 90 valence electrons. The molecule has 1 aliphatic rings. The molecule has 2 rings (SSSR count). The van der Waals surface area contributed by atoms with E-state index in [-0.39, 0.29) is 0 Å². The van der Waals surface area contributed by atoms with Gasteiger partial charge in [0, 0.05) is 18.7 Å².